The van der Waals surface area contributed by atoms with Crippen molar-refractivity contribution < 1.29 is 14.6 Å². The van der Waals surface area contributed by atoms with Crippen LogP contribution in [0.5, 0.6) is 5.75 Å². The molecule has 1 aliphatic rings. The molecule has 1 unspecified atom stereocenters. The van der Waals surface area contributed by atoms with Crippen molar-refractivity contribution in [1.82, 2.24) is 0 Å². The minimum atomic E-state index is -1.20. The first-order valence-electron chi connectivity index (χ1n) is 10.5. The lowest BCUT2D eigenvalue weighted by Gasteiger charge is -2.30. The van der Waals surface area contributed by atoms with E-state index < -0.39 is 11.4 Å². The molecule has 2 aromatic rings. The number of benzene rings is 2. The quantitative estimate of drug-likeness (QED) is 0.710. The second kappa shape index (κ2) is 8.76. The Morgan fingerprint density at radius 1 is 1.10 bits per heavy atom. The van der Waals surface area contributed by atoms with Crippen LogP contribution in [0.1, 0.15) is 44.7 Å². The summed E-state index contributed by atoms with van der Waals surface area (Å²) in [5, 5.41) is 10.2. The summed E-state index contributed by atoms with van der Waals surface area (Å²) in [4.78, 5) is 17.1. The second-order valence-corrected chi connectivity index (χ2v) is 7.73. The van der Waals surface area contributed by atoms with Gasteiger partial charge in [0.2, 0.25) is 0 Å². The van der Waals surface area contributed by atoms with Crippen molar-refractivity contribution in [2.24, 2.45) is 0 Å². The van der Waals surface area contributed by atoms with Crippen LogP contribution in [0.15, 0.2) is 42.5 Å². The Bertz CT molecular complexity index is 840. The maximum absolute atomic E-state index is 12.5. The molecular weight excluding hydrogens is 364 g/mol. The molecule has 0 bridgehead atoms. The van der Waals surface area contributed by atoms with Crippen LogP contribution in [0, 0.1) is 0 Å². The minimum absolute atomic E-state index is 0.600. The Kier molecular flexibility index (Phi) is 6.36. The van der Waals surface area contributed by atoms with Crippen LogP contribution in [0.2, 0.25) is 0 Å². The highest BCUT2D eigenvalue weighted by atomic mass is 16.5. The average Bonchev–Trinajstić information content (AvgIpc) is 3.29. The largest absolute Gasteiger partial charge is 0.496 e. The molecule has 0 radical (unpaired) electrons. The number of carboxylic acids is 1. The first kappa shape index (κ1) is 21.0. The molecule has 3 rings (SSSR count). The zero-order chi connectivity index (χ0) is 21.0. The minimum Gasteiger partial charge on any atom is -0.496 e. The highest BCUT2D eigenvalue weighted by Crippen LogP contribution is 2.40. The molecule has 5 nitrogen and oxygen atoms in total. The van der Waals surface area contributed by atoms with Crippen molar-refractivity contribution >= 4 is 17.3 Å². The molecule has 0 spiro atoms. The first-order valence-corrected chi connectivity index (χ1v) is 10.5. The smallest absolute Gasteiger partial charge is 0.318 e. The molecule has 1 saturated heterocycles. The lowest BCUT2D eigenvalue weighted by atomic mass is 9.75. The van der Waals surface area contributed by atoms with E-state index in [2.05, 4.69) is 23.6 Å². The van der Waals surface area contributed by atoms with Crippen molar-refractivity contribution in [1.29, 1.82) is 0 Å². The van der Waals surface area contributed by atoms with Gasteiger partial charge in [0.1, 0.15) is 11.2 Å². The van der Waals surface area contributed by atoms with Gasteiger partial charge in [-0.3, -0.25) is 4.79 Å². The summed E-state index contributed by atoms with van der Waals surface area (Å²) in [6.45, 7) is 9.86. The second-order valence-electron chi connectivity index (χ2n) is 7.73. The third kappa shape index (κ3) is 3.91. The van der Waals surface area contributed by atoms with Crippen molar-refractivity contribution in [2.75, 3.05) is 43.1 Å². The van der Waals surface area contributed by atoms with E-state index in [4.69, 9.17) is 4.74 Å². The zero-order valence-corrected chi connectivity index (χ0v) is 17.9. The van der Waals surface area contributed by atoms with Gasteiger partial charge < -0.3 is 19.6 Å². The Balaban J connectivity index is 2.03. The number of ether oxygens (including phenoxy) is 1. The van der Waals surface area contributed by atoms with Crippen LogP contribution < -0.4 is 14.5 Å². The summed E-state index contributed by atoms with van der Waals surface area (Å²) in [5.41, 5.74) is 2.41. The maximum Gasteiger partial charge on any atom is 0.318 e. The molecule has 0 saturated carbocycles. The normalized spacial score (nSPS) is 15.8. The molecule has 1 fully saturated rings. The molecule has 0 aliphatic carbocycles. The van der Waals surface area contributed by atoms with Gasteiger partial charge in [0.05, 0.1) is 7.11 Å². The van der Waals surface area contributed by atoms with Gasteiger partial charge >= 0.3 is 5.97 Å². The molecule has 5 heteroatoms. The summed E-state index contributed by atoms with van der Waals surface area (Å²) in [6, 6.07) is 13.8. The molecule has 1 aliphatic heterocycles. The van der Waals surface area contributed by atoms with Crippen molar-refractivity contribution in [3.63, 3.8) is 0 Å². The highest BCUT2D eigenvalue weighted by molar-refractivity contribution is 5.87. The van der Waals surface area contributed by atoms with Crippen LogP contribution in [0.25, 0.3) is 0 Å². The fourth-order valence-corrected chi connectivity index (χ4v) is 4.25. The molecule has 1 atom stereocenters. The number of aliphatic carboxylic acids is 1. The molecule has 0 aromatic heterocycles. The van der Waals surface area contributed by atoms with Gasteiger partial charge in [0.15, 0.2) is 0 Å². The van der Waals surface area contributed by atoms with Gasteiger partial charge in [-0.2, -0.15) is 0 Å². The molecule has 156 valence electrons. The summed E-state index contributed by atoms with van der Waals surface area (Å²) in [5.74, 6) is -0.289. The Morgan fingerprint density at radius 2 is 1.72 bits per heavy atom. The van der Waals surface area contributed by atoms with E-state index in [1.807, 2.05) is 42.5 Å². The molecule has 1 N–H and O–H groups in total. The van der Waals surface area contributed by atoms with E-state index in [9.17, 15) is 9.90 Å². The zero-order valence-electron chi connectivity index (χ0n) is 17.9. The molecule has 1 heterocycles. The molecule has 2 aromatic carbocycles. The van der Waals surface area contributed by atoms with E-state index in [0.717, 1.165) is 43.1 Å². The number of hydrogen-bond donors (Lipinski definition) is 1. The number of carboxylic acid groups (broad SMARTS) is 1. The molecule has 0 amide bonds. The maximum atomic E-state index is 12.5. The van der Waals surface area contributed by atoms with Crippen molar-refractivity contribution in [3.8, 4) is 5.75 Å². The van der Waals surface area contributed by atoms with Gasteiger partial charge in [-0.05, 0) is 57.4 Å². The van der Waals surface area contributed by atoms with E-state index in [-0.39, 0.29) is 0 Å². The third-order valence-corrected chi connectivity index (χ3v) is 6.20. The predicted molar refractivity (Wildman–Crippen MR) is 119 cm³/mol. The number of hydrogen-bond acceptors (Lipinski definition) is 4. The van der Waals surface area contributed by atoms with Crippen LogP contribution >= 0.6 is 0 Å². The summed E-state index contributed by atoms with van der Waals surface area (Å²) in [6.07, 6.45) is 2.43. The highest BCUT2D eigenvalue weighted by Gasteiger charge is 2.40. The van der Waals surface area contributed by atoms with Crippen LogP contribution in [0.4, 0.5) is 11.4 Å². The van der Waals surface area contributed by atoms with Crippen molar-refractivity contribution in [3.05, 3.63) is 53.6 Å². The van der Waals surface area contributed by atoms with E-state index in [1.165, 1.54) is 12.8 Å². The van der Waals surface area contributed by atoms with Crippen molar-refractivity contribution in [2.45, 2.75) is 39.0 Å². The van der Waals surface area contributed by atoms with E-state index in [0.29, 0.717) is 11.3 Å². The Labute approximate surface area is 173 Å². The number of nitrogens with zero attached hydrogens (tertiary/aromatic N) is 2. The fourth-order valence-electron chi connectivity index (χ4n) is 4.25. The van der Waals surface area contributed by atoms with E-state index in [1.54, 1.807) is 14.0 Å². The van der Waals surface area contributed by atoms with Gasteiger partial charge in [-0.15, -0.1) is 0 Å². The third-order valence-electron chi connectivity index (χ3n) is 6.20. The van der Waals surface area contributed by atoms with Gasteiger partial charge in [-0.1, -0.05) is 18.2 Å². The number of carbonyl (C=O) groups is 1. The predicted octanol–water partition coefficient (Wildman–Crippen LogP) is 4.53. The van der Waals surface area contributed by atoms with Crippen LogP contribution in [0.3, 0.4) is 0 Å². The van der Waals surface area contributed by atoms with Crippen LogP contribution in [-0.2, 0) is 10.2 Å². The average molecular weight is 397 g/mol. The fraction of sp³-hybridized carbons (Fsp3) is 0.458. The number of anilines is 2. The SMILES string of the molecule is CCN(CC)c1ccc(C(C)(C(=O)O)c2ccc(N3CCCC3)cc2)c(OC)c1. The standard InChI is InChI=1S/C24H32N2O3/c1-5-25(6-2)20-13-14-21(22(17-20)29-4)24(3,23(27)28)18-9-11-19(12-10-18)26-15-7-8-16-26/h9-14,17H,5-8,15-16H2,1-4H3,(H,27,28). The van der Waals surface area contributed by atoms with Gasteiger partial charge in [0.25, 0.3) is 0 Å². The van der Waals surface area contributed by atoms with E-state index >= 15 is 0 Å². The number of methoxy groups -OCH3 is 1. The van der Waals surface area contributed by atoms with Crippen LogP contribution in [-0.4, -0.2) is 44.4 Å². The summed E-state index contributed by atoms with van der Waals surface area (Å²) >= 11 is 0. The monoisotopic (exact) mass is 396 g/mol. The lowest BCUT2D eigenvalue weighted by Crippen LogP contribution is -2.34. The first-order chi connectivity index (χ1) is 13.9. The molecule has 29 heavy (non-hydrogen) atoms. The number of rotatable bonds is 8. The lowest BCUT2D eigenvalue weighted by molar-refractivity contribution is -0.141. The van der Waals surface area contributed by atoms with Gasteiger partial charge in [-0.25, -0.2) is 0 Å². The molecular formula is C24H32N2O3. The van der Waals surface area contributed by atoms with Gasteiger partial charge in [0, 0.05) is 49.2 Å². The summed E-state index contributed by atoms with van der Waals surface area (Å²) in [7, 11) is 1.60. The Morgan fingerprint density at radius 3 is 2.24 bits per heavy atom. The Hall–Kier alpha value is -2.69. The summed E-state index contributed by atoms with van der Waals surface area (Å²) < 4.78 is 5.65. The topological polar surface area (TPSA) is 53.0 Å².